The maximum Gasteiger partial charge on any atom is 0.269 e. The summed E-state index contributed by atoms with van der Waals surface area (Å²) in [5.41, 5.74) is 0.0510. The van der Waals surface area contributed by atoms with E-state index in [2.05, 4.69) is 20.8 Å². The molecule has 13 heavy (non-hydrogen) atoms. The molecule has 1 rings (SSSR count). The van der Waals surface area contributed by atoms with E-state index < -0.39 is 0 Å². The van der Waals surface area contributed by atoms with E-state index in [4.69, 9.17) is 4.84 Å². The lowest BCUT2D eigenvalue weighted by Gasteiger charge is -2.14. The molecule has 0 unspecified atom stereocenters. The van der Waals surface area contributed by atoms with Gasteiger partial charge in [0.2, 0.25) is 0 Å². The van der Waals surface area contributed by atoms with Gasteiger partial charge in [0, 0.05) is 6.08 Å². The van der Waals surface area contributed by atoms with Crippen molar-refractivity contribution < 1.29 is 9.63 Å². The number of carbonyl (C=O) groups excluding carboxylic acids is 1. The number of allylic oxidation sites excluding steroid dienone is 1. The van der Waals surface area contributed by atoms with Crippen molar-refractivity contribution in [1.82, 2.24) is 5.06 Å². The Balaban J connectivity index is 2.44. The first-order valence-corrected chi connectivity index (χ1v) is 4.63. The second-order valence-electron chi connectivity index (χ2n) is 4.33. The number of nitrogens with zero attached hydrogens (tertiary/aromatic N) is 1. The van der Waals surface area contributed by atoms with Crippen LogP contribution in [-0.2, 0) is 9.63 Å². The first kappa shape index (κ1) is 10.3. The van der Waals surface area contributed by atoms with E-state index in [9.17, 15) is 4.79 Å². The van der Waals surface area contributed by atoms with Crippen LogP contribution in [0.3, 0.4) is 0 Å². The second kappa shape index (κ2) is 3.92. The molecule has 74 valence electrons. The maximum absolute atomic E-state index is 11.4. The lowest BCUT2D eigenvalue weighted by molar-refractivity contribution is -0.162. The molecule has 1 amide bonds. The Hall–Kier alpha value is -0.830. The van der Waals surface area contributed by atoms with Gasteiger partial charge in [0.25, 0.3) is 5.91 Å². The minimum absolute atomic E-state index is 0.0487. The summed E-state index contributed by atoms with van der Waals surface area (Å²) in [7, 11) is 0. The third-order valence-corrected chi connectivity index (χ3v) is 1.72. The van der Waals surface area contributed by atoms with Gasteiger partial charge in [0.05, 0.1) is 13.2 Å². The summed E-state index contributed by atoms with van der Waals surface area (Å²) in [6, 6.07) is 0. The second-order valence-corrected chi connectivity index (χ2v) is 4.33. The third kappa shape index (κ3) is 3.59. The van der Waals surface area contributed by atoms with Gasteiger partial charge in [-0.05, 0) is 11.8 Å². The number of hydrogen-bond acceptors (Lipinski definition) is 2. The summed E-state index contributed by atoms with van der Waals surface area (Å²) in [5.74, 6) is -0.0487. The molecule has 0 spiro atoms. The minimum Gasteiger partial charge on any atom is -0.271 e. The van der Waals surface area contributed by atoms with E-state index >= 15 is 0 Å². The van der Waals surface area contributed by atoms with Crippen LogP contribution in [0.1, 0.15) is 27.2 Å². The summed E-state index contributed by atoms with van der Waals surface area (Å²) in [5, 5.41) is 1.42. The summed E-state index contributed by atoms with van der Waals surface area (Å²) in [6.45, 7) is 7.55. The van der Waals surface area contributed by atoms with E-state index in [1.807, 2.05) is 6.08 Å². The van der Waals surface area contributed by atoms with Gasteiger partial charge in [-0.25, -0.2) is 5.06 Å². The fraction of sp³-hybridized carbons (Fsp3) is 0.700. The lowest BCUT2D eigenvalue weighted by atomic mass is 9.96. The fourth-order valence-electron chi connectivity index (χ4n) is 1.03. The van der Waals surface area contributed by atoms with Crippen LogP contribution in [0.4, 0.5) is 0 Å². The Bertz CT molecular complexity index is 209. The number of hydroxylamine groups is 2. The smallest absolute Gasteiger partial charge is 0.269 e. The molecule has 0 N–H and O–H groups in total. The van der Waals surface area contributed by atoms with Crippen molar-refractivity contribution in [1.29, 1.82) is 0 Å². The van der Waals surface area contributed by atoms with Crippen molar-refractivity contribution in [2.75, 3.05) is 13.2 Å². The van der Waals surface area contributed by atoms with E-state index in [1.165, 1.54) is 5.06 Å². The minimum atomic E-state index is -0.0487. The van der Waals surface area contributed by atoms with Gasteiger partial charge >= 0.3 is 0 Å². The largest absolute Gasteiger partial charge is 0.271 e. The summed E-state index contributed by atoms with van der Waals surface area (Å²) in [4.78, 5) is 16.5. The molecule has 0 saturated carbocycles. The van der Waals surface area contributed by atoms with Gasteiger partial charge in [0.15, 0.2) is 0 Å². The summed E-state index contributed by atoms with van der Waals surface area (Å²) >= 11 is 0. The third-order valence-electron chi connectivity index (χ3n) is 1.72. The quantitative estimate of drug-likeness (QED) is 0.580. The van der Waals surface area contributed by atoms with Crippen LogP contribution in [0.25, 0.3) is 0 Å². The van der Waals surface area contributed by atoms with Crippen LogP contribution >= 0.6 is 0 Å². The SMILES string of the molecule is CC(C)(C)/C=C/C(=O)N1CCCO1. The molecule has 1 aliphatic heterocycles. The van der Waals surface area contributed by atoms with Crippen LogP contribution in [0, 0.1) is 5.41 Å². The van der Waals surface area contributed by atoms with Crippen LogP contribution in [0.15, 0.2) is 12.2 Å². The van der Waals surface area contributed by atoms with E-state index in [0.29, 0.717) is 13.2 Å². The van der Waals surface area contributed by atoms with Crippen molar-refractivity contribution in [2.45, 2.75) is 27.2 Å². The average Bonchev–Trinajstić information content (AvgIpc) is 2.50. The predicted molar refractivity (Wildman–Crippen MR) is 50.9 cm³/mol. The molecule has 0 aromatic carbocycles. The molecule has 3 heteroatoms. The van der Waals surface area contributed by atoms with Crippen molar-refractivity contribution in [3.63, 3.8) is 0 Å². The van der Waals surface area contributed by atoms with Gasteiger partial charge < -0.3 is 0 Å². The van der Waals surface area contributed by atoms with Crippen LogP contribution in [0.2, 0.25) is 0 Å². The highest BCUT2D eigenvalue weighted by Crippen LogP contribution is 2.15. The molecule has 1 aliphatic rings. The monoisotopic (exact) mass is 183 g/mol. The number of carbonyl (C=O) groups is 1. The number of amides is 1. The fourth-order valence-corrected chi connectivity index (χ4v) is 1.03. The lowest BCUT2D eigenvalue weighted by Crippen LogP contribution is -2.24. The molecule has 0 bridgehead atoms. The molecule has 1 fully saturated rings. The van der Waals surface area contributed by atoms with Crippen molar-refractivity contribution >= 4 is 5.91 Å². The van der Waals surface area contributed by atoms with Gasteiger partial charge in [-0.15, -0.1) is 0 Å². The molecule has 1 heterocycles. The maximum atomic E-state index is 11.4. The van der Waals surface area contributed by atoms with Gasteiger partial charge in [-0.2, -0.15) is 0 Å². The standard InChI is InChI=1S/C10H17NO2/c1-10(2,3)6-5-9(12)11-7-4-8-13-11/h5-6H,4,7-8H2,1-3H3/b6-5+. The molecule has 0 aromatic heterocycles. The summed E-state index contributed by atoms with van der Waals surface area (Å²) in [6.07, 6.45) is 4.43. The van der Waals surface area contributed by atoms with Crippen LogP contribution < -0.4 is 0 Å². The number of hydrogen-bond donors (Lipinski definition) is 0. The first-order valence-electron chi connectivity index (χ1n) is 4.63. The molecule has 0 aromatic rings. The Morgan fingerprint density at radius 3 is 2.62 bits per heavy atom. The van der Waals surface area contributed by atoms with E-state index in [0.717, 1.165) is 6.42 Å². The van der Waals surface area contributed by atoms with E-state index in [1.54, 1.807) is 6.08 Å². The Labute approximate surface area is 79.3 Å². The van der Waals surface area contributed by atoms with Crippen molar-refractivity contribution in [3.8, 4) is 0 Å². The highest BCUT2D eigenvalue weighted by molar-refractivity contribution is 5.86. The summed E-state index contributed by atoms with van der Waals surface area (Å²) < 4.78 is 0. The molecule has 0 atom stereocenters. The van der Waals surface area contributed by atoms with Gasteiger partial charge in [-0.3, -0.25) is 9.63 Å². The van der Waals surface area contributed by atoms with Gasteiger partial charge in [-0.1, -0.05) is 26.8 Å². The zero-order chi connectivity index (χ0) is 9.90. The molecular weight excluding hydrogens is 166 g/mol. The molecule has 0 radical (unpaired) electrons. The number of rotatable bonds is 1. The highest BCUT2D eigenvalue weighted by atomic mass is 16.7. The topological polar surface area (TPSA) is 29.5 Å². The Morgan fingerprint density at radius 1 is 1.46 bits per heavy atom. The van der Waals surface area contributed by atoms with E-state index in [-0.39, 0.29) is 11.3 Å². The zero-order valence-electron chi connectivity index (χ0n) is 8.54. The Morgan fingerprint density at radius 2 is 2.15 bits per heavy atom. The predicted octanol–water partition coefficient (Wildman–Crippen LogP) is 1.75. The zero-order valence-corrected chi connectivity index (χ0v) is 8.54. The van der Waals surface area contributed by atoms with Crippen molar-refractivity contribution in [3.05, 3.63) is 12.2 Å². The van der Waals surface area contributed by atoms with Crippen LogP contribution in [0.5, 0.6) is 0 Å². The van der Waals surface area contributed by atoms with Crippen molar-refractivity contribution in [2.24, 2.45) is 5.41 Å². The molecule has 0 aliphatic carbocycles. The molecule has 1 saturated heterocycles. The highest BCUT2D eigenvalue weighted by Gasteiger charge is 2.17. The molecular formula is C10H17NO2. The Kier molecular flexibility index (Phi) is 3.09. The first-order chi connectivity index (χ1) is 5.99. The average molecular weight is 183 g/mol. The molecule has 3 nitrogen and oxygen atoms in total. The van der Waals surface area contributed by atoms with Gasteiger partial charge in [0.1, 0.15) is 0 Å². The normalized spacial score (nSPS) is 18.5. The van der Waals surface area contributed by atoms with Crippen LogP contribution in [-0.4, -0.2) is 24.1 Å².